The number of aliphatic hydroxyl groups is 1. The van der Waals surface area contributed by atoms with Crippen molar-refractivity contribution < 1.29 is 9.90 Å². The highest BCUT2D eigenvalue weighted by Gasteiger charge is 2.18. The van der Waals surface area contributed by atoms with Crippen molar-refractivity contribution in [2.45, 2.75) is 45.1 Å². The number of carbonyl (C=O) groups is 1. The minimum absolute atomic E-state index is 0.0119. The highest BCUT2D eigenvalue weighted by atomic mass is 16.2. The number of hydrogen-bond donors (Lipinski definition) is 2. The van der Waals surface area contributed by atoms with E-state index in [0.29, 0.717) is 18.0 Å². The molecule has 0 atom stereocenters. The molecule has 0 aromatic heterocycles. The van der Waals surface area contributed by atoms with Crippen LogP contribution < -0.4 is 5.32 Å². The molecule has 20 heavy (non-hydrogen) atoms. The summed E-state index contributed by atoms with van der Waals surface area (Å²) in [7, 11) is 0. The Bertz CT molecular complexity index is 534. The van der Waals surface area contributed by atoms with Crippen molar-refractivity contribution in [1.29, 1.82) is 0 Å². The molecular formula is C17H21NO2. The van der Waals surface area contributed by atoms with Gasteiger partial charge >= 0.3 is 0 Å². The van der Waals surface area contributed by atoms with Crippen LogP contribution in [0.2, 0.25) is 0 Å². The summed E-state index contributed by atoms with van der Waals surface area (Å²) in [6, 6.07) is 5.93. The molecule has 1 aliphatic rings. The van der Waals surface area contributed by atoms with Gasteiger partial charge in [-0.3, -0.25) is 4.79 Å². The first-order chi connectivity index (χ1) is 9.70. The summed E-state index contributed by atoms with van der Waals surface area (Å²) >= 11 is 0. The first-order valence-corrected chi connectivity index (χ1v) is 7.22. The third-order valence-electron chi connectivity index (χ3n) is 3.65. The van der Waals surface area contributed by atoms with Crippen molar-refractivity contribution in [3.63, 3.8) is 0 Å². The van der Waals surface area contributed by atoms with Gasteiger partial charge in [-0.05, 0) is 37.5 Å². The minimum atomic E-state index is -0.0119. The van der Waals surface area contributed by atoms with Crippen molar-refractivity contribution in [1.82, 2.24) is 5.32 Å². The van der Waals surface area contributed by atoms with Gasteiger partial charge in [0.1, 0.15) is 0 Å². The molecule has 0 saturated heterocycles. The summed E-state index contributed by atoms with van der Waals surface area (Å²) in [5, 5.41) is 11.8. The molecule has 3 heteroatoms. The highest BCUT2D eigenvalue weighted by molar-refractivity contribution is 5.94. The number of hydrogen-bond acceptors (Lipinski definition) is 2. The Morgan fingerprint density at radius 2 is 2.15 bits per heavy atom. The fraction of sp³-hybridized carbons (Fsp3) is 0.471. The van der Waals surface area contributed by atoms with Crippen LogP contribution in [-0.2, 0) is 0 Å². The Hall–Kier alpha value is -1.79. The average molecular weight is 271 g/mol. The Balaban J connectivity index is 2.09. The van der Waals surface area contributed by atoms with Crippen LogP contribution >= 0.6 is 0 Å². The average Bonchev–Trinajstić information content (AvgIpc) is 2.94. The smallest absolute Gasteiger partial charge is 0.251 e. The molecule has 2 N–H and O–H groups in total. The summed E-state index contributed by atoms with van der Waals surface area (Å²) < 4.78 is 0. The predicted molar refractivity (Wildman–Crippen MR) is 79.5 cm³/mol. The number of aryl methyl sites for hydroxylation is 1. The zero-order chi connectivity index (χ0) is 14.4. The van der Waals surface area contributed by atoms with E-state index < -0.39 is 0 Å². The van der Waals surface area contributed by atoms with E-state index in [9.17, 15) is 4.79 Å². The van der Waals surface area contributed by atoms with Gasteiger partial charge in [-0.2, -0.15) is 0 Å². The third-order valence-corrected chi connectivity index (χ3v) is 3.65. The van der Waals surface area contributed by atoms with Gasteiger partial charge in [-0.1, -0.05) is 30.7 Å². The molecule has 1 aliphatic carbocycles. The van der Waals surface area contributed by atoms with Gasteiger partial charge in [0.25, 0.3) is 5.91 Å². The Morgan fingerprint density at radius 3 is 2.85 bits per heavy atom. The van der Waals surface area contributed by atoms with Gasteiger partial charge in [0.2, 0.25) is 0 Å². The third kappa shape index (κ3) is 3.85. The van der Waals surface area contributed by atoms with Gasteiger partial charge in [0, 0.05) is 23.6 Å². The van der Waals surface area contributed by atoms with Crippen LogP contribution in [0.1, 0.15) is 53.6 Å². The molecule has 0 bridgehead atoms. The Kier molecular flexibility index (Phi) is 5.20. The van der Waals surface area contributed by atoms with Gasteiger partial charge in [-0.25, -0.2) is 0 Å². The largest absolute Gasteiger partial charge is 0.395 e. The van der Waals surface area contributed by atoms with E-state index in [1.165, 1.54) is 12.8 Å². The second kappa shape index (κ2) is 7.12. The maximum atomic E-state index is 12.2. The van der Waals surface area contributed by atoms with Gasteiger partial charge < -0.3 is 10.4 Å². The molecule has 1 fully saturated rings. The minimum Gasteiger partial charge on any atom is -0.395 e. The van der Waals surface area contributed by atoms with Crippen LogP contribution in [0.5, 0.6) is 0 Å². The molecule has 1 saturated carbocycles. The molecule has 0 unspecified atom stereocenters. The highest BCUT2D eigenvalue weighted by Crippen LogP contribution is 2.18. The van der Waals surface area contributed by atoms with E-state index in [4.69, 9.17) is 5.11 Å². The van der Waals surface area contributed by atoms with E-state index in [1.807, 2.05) is 25.1 Å². The zero-order valence-corrected chi connectivity index (χ0v) is 11.9. The van der Waals surface area contributed by atoms with Crippen molar-refractivity contribution in [2.75, 3.05) is 6.61 Å². The SMILES string of the molecule is Cc1ccc(C(=O)NC2CCCC2)cc1C#CCCO. The Morgan fingerprint density at radius 1 is 1.40 bits per heavy atom. The van der Waals surface area contributed by atoms with Crippen molar-refractivity contribution in [3.05, 3.63) is 34.9 Å². The lowest BCUT2D eigenvalue weighted by Crippen LogP contribution is -2.32. The molecule has 1 amide bonds. The maximum Gasteiger partial charge on any atom is 0.251 e. The second-order valence-corrected chi connectivity index (χ2v) is 5.26. The molecule has 2 rings (SSSR count). The van der Waals surface area contributed by atoms with Crippen molar-refractivity contribution in [3.8, 4) is 11.8 Å². The van der Waals surface area contributed by atoms with Crippen LogP contribution in [0.3, 0.4) is 0 Å². The standard InChI is InChI=1S/C17H21NO2/c1-13-9-10-15(12-14(13)6-4-5-11-19)17(20)18-16-7-2-3-8-16/h9-10,12,16,19H,2-3,5,7-8,11H2,1H3,(H,18,20). The zero-order valence-electron chi connectivity index (χ0n) is 11.9. The monoisotopic (exact) mass is 271 g/mol. The molecule has 0 radical (unpaired) electrons. The molecule has 3 nitrogen and oxygen atoms in total. The number of aliphatic hydroxyl groups excluding tert-OH is 1. The maximum absolute atomic E-state index is 12.2. The molecule has 0 aliphatic heterocycles. The fourth-order valence-corrected chi connectivity index (χ4v) is 2.45. The fourth-order valence-electron chi connectivity index (χ4n) is 2.45. The first kappa shape index (κ1) is 14.6. The summed E-state index contributed by atoms with van der Waals surface area (Å²) in [6.45, 7) is 2.04. The molecule has 0 heterocycles. The number of amides is 1. The Labute approximate surface area is 120 Å². The normalized spacial score (nSPS) is 14.7. The van der Waals surface area contributed by atoms with E-state index in [-0.39, 0.29) is 12.5 Å². The quantitative estimate of drug-likeness (QED) is 0.829. The van der Waals surface area contributed by atoms with Gasteiger partial charge in [-0.15, -0.1) is 0 Å². The van der Waals surface area contributed by atoms with E-state index in [1.54, 1.807) is 0 Å². The summed E-state index contributed by atoms with van der Waals surface area (Å²) in [6.07, 6.45) is 5.03. The van der Waals surface area contributed by atoms with Gasteiger partial charge in [0.05, 0.1) is 6.61 Å². The molecule has 0 spiro atoms. The van der Waals surface area contributed by atoms with Crippen LogP contribution in [0.15, 0.2) is 18.2 Å². The summed E-state index contributed by atoms with van der Waals surface area (Å²) in [5.74, 6) is 5.90. The summed E-state index contributed by atoms with van der Waals surface area (Å²) in [5.41, 5.74) is 2.57. The number of nitrogens with one attached hydrogen (secondary N) is 1. The molecular weight excluding hydrogens is 250 g/mol. The van der Waals surface area contributed by atoms with Gasteiger partial charge in [0.15, 0.2) is 0 Å². The topological polar surface area (TPSA) is 49.3 Å². The lowest BCUT2D eigenvalue weighted by molar-refractivity contribution is 0.0938. The lowest BCUT2D eigenvalue weighted by Gasteiger charge is -2.12. The molecule has 1 aromatic rings. The first-order valence-electron chi connectivity index (χ1n) is 7.22. The van der Waals surface area contributed by atoms with Crippen LogP contribution in [0.4, 0.5) is 0 Å². The number of rotatable bonds is 3. The summed E-state index contributed by atoms with van der Waals surface area (Å²) in [4.78, 5) is 12.2. The molecule has 1 aromatic carbocycles. The van der Waals surface area contributed by atoms with Crippen LogP contribution in [-0.4, -0.2) is 23.7 Å². The van der Waals surface area contributed by atoms with E-state index >= 15 is 0 Å². The number of benzene rings is 1. The predicted octanol–water partition coefficient (Wildman–Crippen LogP) is 2.40. The van der Waals surface area contributed by atoms with Crippen LogP contribution in [0, 0.1) is 18.8 Å². The second-order valence-electron chi connectivity index (χ2n) is 5.26. The van der Waals surface area contributed by atoms with Crippen LogP contribution in [0.25, 0.3) is 0 Å². The van der Waals surface area contributed by atoms with Crippen molar-refractivity contribution >= 4 is 5.91 Å². The van der Waals surface area contributed by atoms with E-state index in [0.717, 1.165) is 24.0 Å². The van der Waals surface area contributed by atoms with Crippen molar-refractivity contribution in [2.24, 2.45) is 0 Å². The lowest BCUT2D eigenvalue weighted by atomic mass is 10.0. The molecule has 106 valence electrons. The van der Waals surface area contributed by atoms with E-state index in [2.05, 4.69) is 17.2 Å². The number of carbonyl (C=O) groups excluding carboxylic acids is 1.